The molecule has 0 radical (unpaired) electrons. The molecule has 22 heavy (non-hydrogen) atoms. The van der Waals surface area contributed by atoms with E-state index in [1.165, 1.54) is 5.56 Å². The first-order valence-electron chi connectivity index (χ1n) is 7.54. The molecule has 2 aromatic carbocycles. The molecule has 0 amide bonds. The molecule has 2 aromatic rings. The van der Waals surface area contributed by atoms with Gasteiger partial charge in [0.25, 0.3) is 0 Å². The Morgan fingerprint density at radius 1 is 1.05 bits per heavy atom. The van der Waals surface area contributed by atoms with Crippen LogP contribution in [0.1, 0.15) is 30.4 Å². The van der Waals surface area contributed by atoms with Crippen LogP contribution in [0, 0.1) is 18.3 Å². The molecule has 0 fully saturated rings. The van der Waals surface area contributed by atoms with Crippen molar-refractivity contribution in [1.29, 1.82) is 5.26 Å². The summed E-state index contributed by atoms with van der Waals surface area (Å²) in [4.78, 5) is 0. The summed E-state index contributed by atoms with van der Waals surface area (Å²) < 4.78 is 11.2. The monoisotopic (exact) mass is 295 g/mol. The van der Waals surface area contributed by atoms with Crippen molar-refractivity contribution in [2.45, 2.75) is 26.2 Å². The van der Waals surface area contributed by atoms with E-state index in [0.717, 1.165) is 17.1 Å². The minimum absolute atomic E-state index is 0.143. The normalized spacial score (nSPS) is 11.5. The summed E-state index contributed by atoms with van der Waals surface area (Å²) >= 11 is 0. The van der Waals surface area contributed by atoms with E-state index in [-0.39, 0.29) is 5.92 Å². The standard InChI is InChI=1S/C19H21NO2/c1-3-21-18-5-4-6-19(13-18)22-12-11-17(14-20)16-9-7-15(2)8-10-16/h4-10,13,17H,3,11-12H2,1-2H3. The van der Waals surface area contributed by atoms with Gasteiger partial charge in [0.2, 0.25) is 0 Å². The van der Waals surface area contributed by atoms with Crippen LogP contribution in [0.2, 0.25) is 0 Å². The van der Waals surface area contributed by atoms with E-state index < -0.39 is 0 Å². The van der Waals surface area contributed by atoms with Crippen LogP contribution in [0.3, 0.4) is 0 Å². The van der Waals surface area contributed by atoms with Gasteiger partial charge in [0.15, 0.2) is 0 Å². The number of nitriles is 1. The van der Waals surface area contributed by atoms with Gasteiger partial charge in [0.1, 0.15) is 11.5 Å². The lowest BCUT2D eigenvalue weighted by molar-refractivity contribution is 0.300. The van der Waals surface area contributed by atoms with Crippen molar-refractivity contribution in [3.8, 4) is 17.6 Å². The van der Waals surface area contributed by atoms with E-state index in [0.29, 0.717) is 19.6 Å². The summed E-state index contributed by atoms with van der Waals surface area (Å²) in [7, 11) is 0. The number of ether oxygens (including phenoxy) is 2. The van der Waals surface area contributed by atoms with Crippen LogP contribution in [0.15, 0.2) is 48.5 Å². The van der Waals surface area contributed by atoms with Crippen LogP contribution in [0.25, 0.3) is 0 Å². The van der Waals surface area contributed by atoms with Crippen molar-refractivity contribution in [2.24, 2.45) is 0 Å². The Morgan fingerprint density at radius 3 is 2.36 bits per heavy atom. The number of benzene rings is 2. The van der Waals surface area contributed by atoms with Gasteiger partial charge in [0.05, 0.1) is 25.2 Å². The number of hydrogen-bond donors (Lipinski definition) is 0. The number of rotatable bonds is 7. The van der Waals surface area contributed by atoms with Crippen molar-refractivity contribution < 1.29 is 9.47 Å². The van der Waals surface area contributed by atoms with Gasteiger partial charge < -0.3 is 9.47 Å². The SMILES string of the molecule is CCOc1cccc(OCCC(C#N)c2ccc(C)cc2)c1. The first kappa shape index (κ1) is 15.9. The first-order chi connectivity index (χ1) is 10.7. The zero-order valence-corrected chi connectivity index (χ0v) is 13.1. The minimum atomic E-state index is -0.143. The van der Waals surface area contributed by atoms with E-state index in [2.05, 4.69) is 6.07 Å². The number of hydrogen-bond acceptors (Lipinski definition) is 3. The molecule has 0 bridgehead atoms. The first-order valence-corrected chi connectivity index (χ1v) is 7.54. The molecular formula is C19H21NO2. The van der Waals surface area contributed by atoms with Gasteiger partial charge in [-0.3, -0.25) is 0 Å². The van der Waals surface area contributed by atoms with Gasteiger partial charge in [-0.1, -0.05) is 35.9 Å². The van der Waals surface area contributed by atoms with Crippen molar-refractivity contribution in [3.05, 3.63) is 59.7 Å². The van der Waals surface area contributed by atoms with Crippen molar-refractivity contribution >= 4 is 0 Å². The molecule has 114 valence electrons. The molecule has 3 heteroatoms. The molecule has 1 unspecified atom stereocenters. The summed E-state index contributed by atoms with van der Waals surface area (Å²) in [5.74, 6) is 1.43. The van der Waals surface area contributed by atoms with E-state index >= 15 is 0 Å². The smallest absolute Gasteiger partial charge is 0.122 e. The maximum Gasteiger partial charge on any atom is 0.122 e. The number of nitrogens with zero attached hydrogens (tertiary/aromatic N) is 1. The molecule has 0 saturated carbocycles. The zero-order valence-electron chi connectivity index (χ0n) is 13.1. The van der Waals surface area contributed by atoms with Crippen LogP contribution < -0.4 is 9.47 Å². The number of aryl methyl sites for hydroxylation is 1. The highest BCUT2D eigenvalue weighted by Gasteiger charge is 2.10. The topological polar surface area (TPSA) is 42.2 Å². The minimum Gasteiger partial charge on any atom is -0.494 e. The van der Waals surface area contributed by atoms with Gasteiger partial charge in [0, 0.05) is 12.5 Å². The van der Waals surface area contributed by atoms with E-state index in [1.807, 2.05) is 62.4 Å². The van der Waals surface area contributed by atoms with Crippen LogP contribution in [0.5, 0.6) is 11.5 Å². The maximum atomic E-state index is 9.33. The molecule has 0 aromatic heterocycles. The molecule has 0 N–H and O–H groups in total. The third-order valence-corrected chi connectivity index (χ3v) is 3.43. The van der Waals surface area contributed by atoms with Crippen molar-refractivity contribution in [3.63, 3.8) is 0 Å². The summed E-state index contributed by atoms with van der Waals surface area (Å²) in [5, 5.41) is 9.33. The maximum absolute atomic E-state index is 9.33. The predicted molar refractivity (Wildman–Crippen MR) is 87.3 cm³/mol. The van der Waals surface area contributed by atoms with E-state index in [4.69, 9.17) is 9.47 Å². The molecule has 0 saturated heterocycles. The highest BCUT2D eigenvalue weighted by molar-refractivity contribution is 5.33. The van der Waals surface area contributed by atoms with Crippen LogP contribution in [-0.4, -0.2) is 13.2 Å². The second-order valence-electron chi connectivity index (χ2n) is 5.14. The lowest BCUT2D eigenvalue weighted by Gasteiger charge is -2.12. The lowest BCUT2D eigenvalue weighted by Crippen LogP contribution is -2.04. The molecule has 0 spiro atoms. The van der Waals surface area contributed by atoms with Crippen LogP contribution >= 0.6 is 0 Å². The summed E-state index contributed by atoms with van der Waals surface area (Å²) in [5.41, 5.74) is 2.24. The third-order valence-electron chi connectivity index (χ3n) is 3.43. The highest BCUT2D eigenvalue weighted by atomic mass is 16.5. The van der Waals surface area contributed by atoms with E-state index in [1.54, 1.807) is 0 Å². The Hall–Kier alpha value is -2.47. The Labute approximate surface area is 132 Å². The zero-order chi connectivity index (χ0) is 15.8. The van der Waals surface area contributed by atoms with Gasteiger partial charge >= 0.3 is 0 Å². The summed E-state index contributed by atoms with van der Waals surface area (Å²) in [6, 6.07) is 18.0. The van der Waals surface area contributed by atoms with Gasteiger partial charge in [-0.25, -0.2) is 0 Å². The fraction of sp³-hybridized carbons (Fsp3) is 0.316. The van der Waals surface area contributed by atoms with Crippen LogP contribution in [-0.2, 0) is 0 Å². The van der Waals surface area contributed by atoms with Crippen molar-refractivity contribution in [2.75, 3.05) is 13.2 Å². The molecule has 0 aliphatic rings. The molecule has 3 nitrogen and oxygen atoms in total. The quantitative estimate of drug-likeness (QED) is 0.757. The Morgan fingerprint density at radius 2 is 1.73 bits per heavy atom. The van der Waals surface area contributed by atoms with Gasteiger partial charge in [-0.15, -0.1) is 0 Å². The molecular weight excluding hydrogens is 274 g/mol. The second-order valence-corrected chi connectivity index (χ2v) is 5.14. The third kappa shape index (κ3) is 4.53. The van der Waals surface area contributed by atoms with Crippen molar-refractivity contribution in [1.82, 2.24) is 0 Å². The Balaban J connectivity index is 1.90. The Kier molecular flexibility index (Phi) is 5.85. The second kappa shape index (κ2) is 8.09. The molecule has 0 heterocycles. The van der Waals surface area contributed by atoms with Gasteiger partial charge in [-0.2, -0.15) is 5.26 Å². The van der Waals surface area contributed by atoms with Crippen LogP contribution in [0.4, 0.5) is 0 Å². The molecule has 0 aliphatic carbocycles. The molecule has 2 rings (SSSR count). The fourth-order valence-electron chi connectivity index (χ4n) is 2.22. The lowest BCUT2D eigenvalue weighted by atomic mass is 9.97. The fourth-order valence-corrected chi connectivity index (χ4v) is 2.22. The molecule has 0 aliphatic heterocycles. The summed E-state index contributed by atoms with van der Waals surface area (Å²) in [6.07, 6.45) is 0.665. The highest BCUT2D eigenvalue weighted by Crippen LogP contribution is 2.22. The summed E-state index contributed by atoms with van der Waals surface area (Å²) in [6.45, 7) is 5.13. The Bertz CT molecular complexity index is 629. The average molecular weight is 295 g/mol. The van der Waals surface area contributed by atoms with Gasteiger partial charge in [-0.05, 0) is 31.5 Å². The van der Waals surface area contributed by atoms with E-state index in [9.17, 15) is 5.26 Å². The largest absolute Gasteiger partial charge is 0.494 e. The average Bonchev–Trinajstić information content (AvgIpc) is 2.53. The molecule has 1 atom stereocenters. The predicted octanol–water partition coefficient (Wildman–Crippen LogP) is 4.47.